The number of fused-ring (bicyclic) bond motifs is 1. The van der Waals surface area contributed by atoms with E-state index in [1.165, 1.54) is 0 Å². The molecule has 1 unspecified atom stereocenters. The van der Waals surface area contributed by atoms with Crippen LogP contribution in [0, 0.1) is 0 Å². The van der Waals surface area contributed by atoms with Gasteiger partial charge in [0.05, 0.1) is 0 Å². The first-order valence-corrected chi connectivity index (χ1v) is 9.13. The second-order valence-electron chi connectivity index (χ2n) is 5.07. The number of halogens is 1. The van der Waals surface area contributed by atoms with Gasteiger partial charge in [-0.15, -0.1) is 0 Å². The van der Waals surface area contributed by atoms with Gasteiger partial charge in [0.2, 0.25) is 0 Å². The fourth-order valence-electron chi connectivity index (χ4n) is 2.14. The SMILES string of the molecule is CCSCCC(C)NC(=O)c1ccc2cc(Br)ccc2c1. The zero-order valence-corrected chi connectivity index (χ0v) is 14.8. The highest BCUT2D eigenvalue weighted by molar-refractivity contribution is 9.10. The highest BCUT2D eigenvalue weighted by Gasteiger charge is 2.10. The standard InChI is InChI=1S/C17H20BrNOS/c1-3-21-9-8-12(2)19-17(20)15-5-4-14-11-16(18)7-6-13(14)10-15/h4-7,10-12H,3,8-9H2,1-2H3,(H,19,20). The van der Waals surface area contributed by atoms with Crippen LogP contribution in [0.2, 0.25) is 0 Å². The van der Waals surface area contributed by atoms with E-state index in [0.717, 1.165) is 38.7 Å². The van der Waals surface area contributed by atoms with Crippen molar-refractivity contribution < 1.29 is 4.79 Å². The van der Waals surface area contributed by atoms with E-state index in [-0.39, 0.29) is 11.9 Å². The number of hydrogen-bond donors (Lipinski definition) is 1. The van der Waals surface area contributed by atoms with E-state index in [2.05, 4.69) is 41.2 Å². The summed E-state index contributed by atoms with van der Waals surface area (Å²) in [4.78, 5) is 12.3. The third kappa shape index (κ3) is 4.75. The lowest BCUT2D eigenvalue weighted by Crippen LogP contribution is -2.32. The second kappa shape index (κ2) is 7.85. The van der Waals surface area contributed by atoms with Crippen LogP contribution in [0.15, 0.2) is 40.9 Å². The summed E-state index contributed by atoms with van der Waals surface area (Å²) in [6.07, 6.45) is 1.00. The molecule has 0 bridgehead atoms. The Balaban J connectivity index is 2.03. The minimum atomic E-state index is 0.00816. The number of carbonyl (C=O) groups is 1. The molecule has 0 saturated heterocycles. The van der Waals surface area contributed by atoms with Crippen LogP contribution in [0.1, 0.15) is 30.6 Å². The molecule has 2 nitrogen and oxygen atoms in total. The third-order valence-corrected chi connectivity index (χ3v) is 4.77. The predicted molar refractivity (Wildman–Crippen MR) is 96.2 cm³/mol. The summed E-state index contributed by atoms with van der Waals surface area (Å²) in [6.45, 7) is 4.22. The first-order chi connectivity index (χ1) is 10.1. The molecule has 0 aliphatic carbocycles. The third-order valence-electron chi connectivity index (χ3n) is 3.34. The largest absolute Gasteiger partial charge is 0.350 e. The van der Waals surface area contributed by atoms with Crippen LogP contribution in [-0.4, -0.2) is 23.5 Å². The van der Waals surface area contributed by atoms with Crippen molar-refractivity contribution in [1.82, 2.24) is 5.32 Å². The van der Waals surface area contributed by atoms with Gasteiger partial charge in [-0.25, -0.2) is 0 Å². The lowest BCUT2D eigenvalue weighted by Gasteiger charge is -2.13. The Hall–Kier alpha value is -1.00. The molecule has 0 fully saturated rings. The molecule has 0 spiro atoms. The molecule has 4 heteroatoms. The predicted octanol–water partition coefficient (Wildman–Crippen LogP) is 4.86. The van der Waals surface area contributed by atoms with Crippen LogP contribution in [-0.2, 0) is 0 Å². The summed E-state index contributed by atoms with van der Waals surface area (Å²) in [5, 5.41) is 5.29. The lowest BCUT2D eigenvalue weighted by atomic mass is 10.1. The number of benzene rings is 2. The molecule has 2 aromatic rings. The molecular weight excluding hydrogens is 346 g/mol. The van der Waals surface area contributed by atoms with Crippen molar-refractivity contribution in [2.75, 3.05) is 11.5 Å². The highest BCUT2D eigenvalue weighted by atomic mass is 79.9. The van der Waals surface area contributed by atoms with E-state index in [9.17, 15) is 4.79 Å². The molecule has 1 N–H and O–H groups in total. The van der Waals surface area contributed by atoms with E-state index in [1.54, 1.807) is 0 Å². The van der Waals surface area contributed by atoms with Crippen LogP contribution in [0.3, 0.4) is 0 Å². The van der Waals surface area contributed by atoms with Gasteiger partial charge >= 0.3 is 0 Å². The molecule has 0 saturated carbocycles. The molecule has 112 valence electrons. The van der Waals surface area contributed by atoms with Gasteiger partial charge in [0.25, 0.3) is 5.91 Å². The molecule has 0 aliphatic heterocycles. The first kappa shape index (κ1) is 16.4. The normalized spacial score (nSPS) is 12.3. The monoisotopic (exact) mass is 365 g/mol. The number of hydrogen-bond acceptors (Lipinski definition) is 2. The Morgan fingerprint density at radius 3 is 2.71 bits per heavy atom. The van der Waals surface area contributed by atoms with Crippen LogP contribution in [0.5, 0.6) is 0 Å². The molecular formula is C17H20BrNOS. The number of nitrogens with one attached hydrogen (secondary N) is 1. The van der Waals surface area contributed by atoms with Crippen molar-refractivity contribution in [2.45, 2.75) is 26.3 Å². The van der Waals surface area contributed by atoms with E-state index < -0.39 is 0 Å². The van der Waals surface area contributed by atoms with E-state index in [0.29, 0.717) is 0 Å². The van der Waals surface area contributed by atoms with Gasteiger partial charge in [-0.3, -0.25) is 4.79 Å². The summed E-state index contributed by atoms with van der Waals surface area (Å²) in [7, 11) is 0. The Labute approximate surface area is 138 Å². The van der Waals surface area contributed by atoms with Gasteiger partial charge in [0, 0.05) is 16.1 Å². The molecule has 0 aliphatic rings. The lowest BCUT2D eigenvalue weighted by molar-refractivity contribution is 0.0939. The van der Waals surface area contributed by atoms with E-state index in [4.69, 9.17) is 0 Å². The quantitative estimate of drug-likeness (QED) is 0.740. The van der Waals surface area contributed by atoms with Gasteiger partial charge < -0.3 is 5.32 Å². The Bertz CT molecular complexity index is 629. The average molecular weight is 366 g/mol. The van der Waals surface area contributed by atoms with Gasteiger partial charge in [0.1, 0.15) is 0 Å². The maximum absolute atomic E-state index is 12.3. The smallest absolute Gasteiger partial charge is 0.251 e. The van der Waals surface area contributed by atoms with Gasteiger partial charge in [0.15, 0.2) is 0 Å². The van der Waals surface area contributed by atoms with Gasteiger partial charge in [-0.2, -0.15) is 11.8 Å². The fourth-order valence-corrected chi connectivity index (χ4v) is 3.33. The zero-order valence-electron chi connectivity index (χ0n) is 12.4. The van der Waals surface area contributed by atoms with Crippen molar-refractivity contribution in [1.29, 1.82) is 0 Å². The molecule has 2 rings (SSSR count). The summed E-state index contributed by atoms with van der Waals surface area (Å²) in [5.41, 5.74) is 0.722. The summed E-state index contributed by atoms with van der Waals surface area (Å²) in [5.74, 6) is 2.22. The molecule has 1 atom stereocenters. The Kier molecular flexibility index (Phi) is 6.12. The maximum atomic E-state index is 12.3. The molecule has 1 amide bonds. The van der Waals surface area contributed by atoms with Crippen molar-refractivity contribution in [3.8, 4) is 0 Å². The first-order valence-electron chi connectivity index (χ1n) is 7.18. The van der Waals surface area contributed by atoms with Crippen molar-refractivity contribution in [3.05, 3.63) is 46.4 Å². The van der Waals surface area contributed by atoms with Crippen LogP contribution >= 0.6 is 27.7 Å². The summed E-state index contributed by atoms with van der Waals surface area (Å²) >= 11 is 5.37. The summed E-state index contributed by atoms with van der Waals surface area (Å²) < 4.78 is 1.05. The van der Waals surface area contributed by atoms with Crippen molar-refractivity contribution >= 4 is 44.4 Å². The Morgan fingerprint density at radius 2 is 1.95 bits per heavy atom. The summed E-state index contributed by atoms with van der Waals surface area (Å²) in [6, 6.07) is 12.1. The van der Waals surface area contributed by atoms with E-state index >= 15 is 0 Å². The van der Waals surface area contributed by atoms with Crippen molar-refractivity contribution in [2.24, 2.45) is 0 Å². The van der Waals surface area contributed by atoms with Crippen LogP contribution in [0.4, 0.5) is 0 Å². The number of amides is 1. The van der Waals surface area contributed by atoms with Crippen LogP contribution < -0.4 is 5.32 Å². The van der Waals surface area contributed by atoms with E-state index in [1.807, 2.05) is 42.1 Å². The Morgan fingerprint density at radius 1 is 1.24 bits per heavy atom. The topological polar surface area (TPSA) is 29.1 Å². The minimum absolute atomic E-state index is 0.00816. The van der Waals surface area contributed by atoms with Crippen molar-refractivity contribution in [3.63, 3.8) is 0 Å². The number of carbonyl (C=O) groups excluding carboxylic acids is 1. The maximum Gasteiger partial charge on any atom is 0.251 e. The number of rotatable bonds is 6. The number of thioether (sulfide) groups is 1. The highest BCUT2D eigenvalue weighted by Crippen LogP contribution is 2.21. The molecule has 21 heavy (non-hydrogen) atoms. The van der Waals surface area contributed by atoms with Gasteiger partial charge in [-0.05, 0) is 59.9 Å². The molecule has 0 radical (unpaired) electrons. The molecule has 2 aromatic carbocycles. The second-order valence-corrected chi connectivity index (χ2v) is 7.38. The van der Waals surface area contributed by atoms with Gasteiger partial charge in [-0.1, -0.05) is 35.0 Å². The van der Waals surface area contributed by atoms with Crippen LogP contribution in [0.25, 0.3) is 10.8 Å². The zero-order chi connectivity index (χ0) is 15.2. The molecule has 0 aromatic heterocycles. The average Bonchev–Trinajstić information content (AvgIpc) is 2.46. The fraction of sp³-hybridized carbons (Fsp3) is 0.353. The molecule has 0 heterocycles. The minimum Gasteiger partial charge on any atom is -0.350 e.